The molecule has 166 valence electrons. The number of hydrogen-bond donors (Lipinski definition) is 0. The largest absolute Gasteiger partial charge is 0.484 e. The molecule has 0 spiro atoms. The first-order chi connectivity index (χ1) is 14.6. The van der Waals surface area contributed by atoms with Crippen LogP contribution in [0.4, 0.5) is 17.6 Å². The highest BCUT2D eigenvalue weighted by Crippen LogP contribution is 2.33. The third-order valence-corrected chi connectivity index (χ3v) is 5.44. The predicted octanol–water partition coefficient (Wildman–Crippen LogP) is 5.68. The maximum absolute atomic E-state index is 13.2. The minimum Gasteiger partial charge on any atom is -0.484 e. The molecule has 31 heavy (non-hydrogen) atoms. The Hall–Kier alpha value is -2.67. The van der Waals surface area contributed by atoms with Gasteiger partial charge >= 0.3 is 6.18 Å². The van der Waals surface area contributed by atoms with Gasteiger partial charge < -0.3 is 9.64 Å². The van der Waals surface area contributed by atoms with E-state index in [-0.39, 0.29) is 23.2 Å². The Morgan fingerprint density at radius 2 is 1.87 bits per heavy atom. The molecule has 1 aliphatic rings. The number of piperidine rings is 1. The first-order valence-electron chi connectivity index (χ1n) is 10.1. The molecule has 2 aromatic rings. The van der Waals surface area contributed by atoms with Crippen molar-refractivity contribution in [2.45, 2.75) is 24.9 Å². The van der Waals surface area contributed by atoms with Gasteiger partial charge in [-0.1, -0.05) is 30.8 Å². The lowest BCUT2D eigenvalue weighted by molar-refractivity contribution is -0.127. The summed E-state index contributed by atoms with van der Waals surface area (Å²) in [4.78, 5) is 6.68. The number of likely N-dealkylation sites (tertiary alicyclic amines) is 1. The molecule has 0 amide bonds. The Bertz CT molecular complexity index is 937. The number of alkyl halides is 3. The summed E-state index contributed by atoms with van der Waals surface area (Å²) in [5.41, 5.74) is 2.30. The number of nitrogens with zero attached hydrogens (tertiary/aromatic N) is 2. The molecule has 0 bridgehead atoms. The van der Waals surface area contributed by atoms with Gasteiger partial charge in [-0.25, -0.2) is 9.38 Å². The number of aliphatic imine (C=N–C) groups is 1. The van der Waals surface area contributed by atoms with Crippen LogP contribution in [0, 0.1) is 11.7 Å². The van der Waals surface area contributed by atoms with Crippen LogP contribution in [0.1, 0.15) is 29.0 Å². The maximum atomic E-state index is 13.2. The molecular formula is C24H26F4N2O. The smallest absolute Gasteiger partial charge is 0.393 e. The fourth-order valence-electron chi connectivity index (χ4n) is 4.07. The van der Waals surface area contributed by atoms with Crippen molar-refractivity contribution in [2.24, 2.45) is 10.9 Å². The Kier molecular flexibility index (Phi) is 7.15. The molecule has 2 atom stereocenters. The monoisotopic (exact) mass is 434 g/mol. The number of benzene rings is 2. The van der Waals surface area contributed by atoms with Gasteiger partial charge in [-0.2, -0.15) is 13.2 Å². The Morgan fingerprint density at radius 3 is 2.52 bits per heavy atom. The average Bonchev–Trinajstić information content (AvgIpc) is 2.71. The van der Waals surface area contributed by atoms with Crippen LogP contribution in [0.3, 0.4) is 0 Å². The lowest BCUT2D eigenvalue weighted by Gasteiger charge is -2.36. The molecule has 0 N–H and O–H groups in total. The van der Waals surface area contributed by atoms with Gasteiger partial charge in [-0.15, -0.1) is 0 Å². The van der Waals surface area contributed by atoms with Crippen molar-refractivity contribution in [2.75, 3.05) is 27.2 Å². The van der Waals surface area contributed by atoms with Gasteiger partial charge in [-0.3, -0.25) is 0 Å². The van der Waals surface area contributed by atoms with Gasteiger partial charge in [0.1, 0.15) is 5.82 Å². The van der Waals surface area contributed by atoms with E-state index in [0.29, 0.717) is 30.1 Å². The van der Waals surface area contributed by atoms with E-state index in [4.69, 9.17) is 4.74 Å². The normalized spacial score (nSPS) is 20.5. The second-order valence-corrected chi connectivity index (χ2v) is 8.00. The molecule has 1 saturated heterocycles. The summed E-state index contributed by atoms with van der Waals surface area (Å²) in [6, 6.07) is 12.6. The van der Waals surface area contributed by atoms with Crippen molar-refractivity contribution < 1.29 is 22.3 Å². The van der Waals surface area contributed by atoms with Crippen molar-refractivity contribution in [3.8, 4) is 0 Å². The summed E-state index contributed by atoms with van der Waals surface area (Å²) in [5, 5.41) is 0. The van der Waals surface area contributed by atoms with E-state index >= 15 is 0 Å². The van der Waals surface area contributed by atoms with Gasteiger partial charge in [0.15, 0.2) is 5.90 Å². The molecule has 0 aliphatic carbocycles. The molecule has 1 aliphatic heterocycles. The molecule has 3 rings (SSSR count). The fraction of sp³-hybridized carbons (Fsp3) is 0.375. The SMILES string of the molecule is C=C(N=C(OC)C1CC(c2cccc(CC(F)(F)F)c2)CN(C)C1)c1ccc(F)cc1. The molecule has 3 nitrogen and oxygen atoms in total. The second-order valence-electron chi connectivity index (χ2n) is 8.00. The molecule has 2 unspecified atom stereocenters. The van der Waals surface area contributed by atoms with Crippen LogP contribution >= 0.6 is 0 Å². The Labute approximate surface area is 180 Å². The van der Waals surface area contributed by atoms with Crippen molar-refractivity contribution in [1.29, 1.82) is 0 Å². The lowest BCUT2D eigenvalue weighted by atomic mass is 9.84. The van der Waals surface area contributed by atoms with E-state index in [1.165, 1.54) is 18.2 Å². The van der Waals surface area contributed by atoms with Crippen molar-refractivity contribution >= 4 is 11.6 Å². The number of hydrogen-bond acceptors (Lipinski definition) is 3. The van der Waals surface area contributed by atoms with E-state index in [0.717, 1.165) is 12.1 Å². The van der Waals surface area contributed by atoms with Gasteiger partial charge in [0.2, 0.25) is 0 Å². The highest BCUT2D eigenvalue weighted by atomic mass is 19.4. The van der Waals surface area contributed by atoms with Crippen LogP contribution in [0.2, 0.25) is 0 Å². The van der Waals surface area contributed by atoms with E-state index in [1.807, 2.05) is 13.1 Å². The summed E-state index contributed by atoms with van der Waals surface area (Å²) >= 11 is 0. The summed E-state index contributed by atoms with van der Waals surface area (Å²) < 4.78 is 57.2. The first-order valence-corrected chi connectivity index (χ1v) is 10.1. The molecular weight excluding hydrogens is 408 g/mol. The number of rotatable bonds is 5. The van der Waals surface area contributed by atoms with Gasteiger partial charge in [0.25, 0.3) is 0 Å². The fourth-order valence-corrected chi connectivity index (χ4v) is 4.07. The van der Waals surface area contributed by atoms with Crippen LogP contribution in [0.5, 0.6) is 0 Å². The molecule has 0 aromatic heterocycles. The summed E-state index contributed by atoms with van der Waals surface area (Å²) in [6.07, 6.45) is -4.47. The average molecular weight is 434 g/mol. The van der Waals surface area contributed by atoms with E-state index in [2.05, 4.69) is 16.5 Å². The zero-order valence-corrected chi connectivity index (χ0v) is 17.6. The van der Waals surface area contributed by atoms with Crippen LogP contribution in [-0.2, 0) is 11.2 Å². The molecule has 2 aromatic carbocycles. The third-order valence-electron chi connectivity index (χ3n) is 5.44. The van der Waals surface area contributed by atoms with Gasteiger partial charge in [0.05, 0.1) is 19.2 Å². The predicted molar refractivity (Wildman–Crippen MR) is 114 cm³/mol. The first kappa shape index (κ1) is 23.0. The topological polar surface area (TPSA) is 24.8 Å². The molecule has 1 heterocycles. The number of halogens is 4. The molecule has 1 fully saturated rings. The summed E-state index contributed by atoms with van der Waals surface area (Å²) in [5.74, 6) is 0.183. The maximum Gasteiger partial charge on any atom is 0.393 e. The van der Waals surface area contributed by atoms with Crippen LogP contribution < -0.4 is 0 Å². The van der Waals surface area contributed by atoms with Gasteiger partial charge in [-0.05, 0) is 60.3 Å². The van der Waals surface area contributed by atoms with E-state index in [9.17, 15) is 17.6 Å². The van der Waals surface area contributed by atoms with Crippen molar-refractivity contribution in [3.63, 3.8) is 0 Å². The molecule has 0 radical (unpaired) electrons. The Morgan fingerprint density at radius 1 is 1.16 bits per heavy atom. The highest BCUT2D eigenvalue weighted by Gasteiger charge is 2.32. The highest BCUT2D eigenvalue weighted by molar-refractivity contribution is 5.85. The molecule has 7 heteroatoms. The lowest BCUT2D eigenvalue weighted by Crippen LogP contribution is -2.40. The third kappa shape index (κ3) is 6.40. The standard InChI is InChI=1S/C24H26F4N2O/c1-16(18-7-9-22(25)10-8-18)29-23(31-3)21-12-20(14-30(2)15-21)19-6-4-5-17(11-19)13-24(26,27)28/h4-11,20-21H,1,12-15H2,2-3H3. The Balaban J connectivity index is 1.80. The number of likely N-dealkylation sites (N-methyl/N-ethyl adjacent to an activating group) is 1. The van der Waals surface area contributed by atoms with Gasteiger partial charge in [0, 0.05) is 19.0 Å². The van der Waals surface area contributed by atoms with Crippen molar-refractivity contribution in [3.05, 3.63) is 77.6 Å². The number of ether oxygens (including phenoxy) is 1. The van der Waals surface area contributed by atoms with E-state index in [1.54, 1.807) is 31.4 Å². The van der Waals surface area contributed by atoms with Crippen LogP contribution in [-0.4, -0.2) is 44.2 Å². The minimum atomic E-state index is -4.24. The number of methoxy groups -OCH3 is 1. The second kappa shape index (κ2) is 9.64. The quantitative estimate of drug-likeness (QED) is 0.344. The van der Waals surface area contributed by atoms with Crippen LogP contribution in [0.25, 0.3) is 5.70 Å². The van der Waals surface area contributed by atoms with E-state index < -0.39 is 12.6 Å². The summed E-state index contributed by atoms with van der Waals surface area (Å²) in [6.45, 7) is 5.42. The minimum absolute atomic E-state index is 0.0442. The zero-order chi connectivity index (χ0) is 22.6. The van der Waals surface area contributed by atoms with Crippen molar-refractivity contribution in [1.82, 2.24) is 4.90 Å². The van der Waals surface area contributed by atoms with Crippen LogP contribution in [0.15, 0.2) is 60.1 Å². The summed E-state index contributed by atoms with van der Waals surface area (Å²) in [7, 11) is 3.52. The molecule has 0 saturated carbocycles. The zero-order valence-electron chi connectivity index (χ0n) is 17.6.